The molecule has 24 heavy (non-hydrogen) atoms. The third-order valence-electron chi connectivity index (χ3n) is 3.62. The van der Waals surface area contributed by atoms with Crippen LogP contribution in [0.1, 0.15) is 21.6 Å². The summed E-state index contributed by atoms with van der Waals surface area (Å²) >= 11 is 6.08. The molecule has 0 aliphatic heterocycles. The van der Waals surface area contributed by atoms with Crippen LogP contribution in [0.3, 0.4) is 0 Å². The zero-order valence-corrected chi connectivity index (χ0v) is 13.7. The molecule has 2 aromatic carbocycles. The maximum absolute atomic E-state index is 11.5. The van der Waals surface area contributed by atoms with Gasteiger partial charge in [-0.15, -0.1) is 0 Å². The molecule has 122 valence electrons. The van der Waals surface area contributed by atoms with Crippen LogP contribution < -0.4 is 10.5 Å². The molecule has 0 saturated carbocycles. The summed E-state index contributed by atoms with van der Waals surface area (Å²) in [6.45, 7) is 2.40. The number of rotatable bonds is 5. The molecule has 0 saturated heterocycles. The van der Waals surface area contributed by atoms with E-state index in [1.165, 1.54) is 0 Å². The highest BCUT2D eigenvalue weighted by Gasteiger charge is 2.19. The lowest BCUT2D eigenvalue weighted by molar-refractivity contribution is 0.0996. The minimum Gasteiger partial charge on any atom is -0.488 e. The minimum atomic E-state index is -0.677. The molecule has 1 amide bonds. The van der Waals surface area contributed by atoms with Crippen molar-refractivity contribution in [2.24, 2.45) is 5.73 Å². The standard InChI is InChI=1S/C17H15ClN4O2/c1-10-4-2-3-5-11(10)9-24-14-7-6-12(18)8-13(14)15-16(17(19)23)21-22-20-15/h2-8H,9H2,1H3,(H2,19,23)(H,20,21,22). The number of halogens is 1. The first-order chi connectivity index (χ1) is 11.6. The number of aromatic amines is 1. The van der Waals surface area contributed by atoms with Crippen molar-refractivity contribution in [3.05, 3.63) is 64.3 Å². The van der Waals surface area contributed by atoms with Gasteiger partial charge in [-0.3, -0.25) is 4.79 Å². The van der Waals surface area contributed by atoms with E-state index in [2.05, 4.69) is 15.4 Å². The fourth-order valence-corrected chi connectivity index (χ4v) is 2.50. The summed E-state index contributed by atoms with van der Waals surface area (Å²) in [4.78, 5) is 11.5. The van der Waals surface area contributed by atoms with Gasteiger partial charge in [0, 0.05) is 10.6 Å². The Bertz CT molecular complexity index is 892. The summed E-state index contributed by atoms with van der Waals surface area (Å²) in [6, 6.07) is 13.1. The van der Waals surface area contributed by atoms with Crippen LogP contribution >= 0.6 is 11.6 Å². The third kappa shape index (κ3) is 3.23. The zero-order valence-electron chi connectivity index (χ0n) is 12.9. The molecule has 0 unspecified atom stereocenters. The molecule has 6 nitrogen and oxygen atoms in total. The first-order valence-corrected chi connectivity index (χ1v) is 7.62. The van der Waals surface area contributed by atoms with E-state index in [9.17, 15) is 4.79 Å². The molecule has 0 bridgehead atoms. The Balaban J connectivity index is 1.96. The maximum Gasteiger partial charge on any atom is 0.271 e. The number of aromatic nitrogens is 3. The second-order valence-electron chi connectivity index (χ2n) is 5.24. The van der Waals surface area contributed by atoms with Crippen LogP contribution in [0.2, 0.25) is 5.02 Å². The number of nitrogens with one attached hydrogen (secondary N) is 1. The lowest BCUT2D eigenvalue weighted by Gasteiger charge is -2.12. The van der Waals surface area contributed by atoms with Gasteiger partial charge in [0.25, 0.3) is 5.91 Å². The van der Waals surface area contributed by atoms with Crippen molar-refractivity contribution in [3.63, 3.8) is 0 Å². The van der Waals surface area contributed by atoms with Gasteiger partial charge in [-0.05, 0) is 36.2 Å². The number of benzene rings is 2. The number of nitrogens with zero attached hydrogens (tertiary/aromatic N) is 2. The normalized spacial score (nSPS) is 10.6. The van der Waals surface area contributed by atoms with Gasteiger partial charge in [0.05, 0.1) is 0 Å². The number of amides is 1. The molecule has 7 heteroatoms. The highest BCUT2D eigenvalue weighted by atomic mass is 35.5. The summed E-state index contributed by atoms with van der Waals surface area (Å²) in [6.07, 6.45) is 0. The van der Waals surface area contributed by atoms with Crippen LogP contribution in [0.4, 0.5) is 0 Å². The number of nitrogens with two attached hydrogens (primary N) is 1. The lowest BCUT2D eigenvalue weighted by atomic mass is 10.1. The number of ether oxygens (including phenoxy) is 1. The predicted octanol–water partition coefficient (Wildman–Crippen LogP) is 3.11. The summed E-state index contributed by atoms with van der Waals surface area (Å²) in [7, 11) is 0. The number of aryl methyl sites for hydroxylation is 1. The zero-order chi connectivity index (χ0) is 17.1. The smallest absolute Gasteiger partial charge is 0.271 e. The highest BCUT2D eigenvalue weighted by Crippen LogP contribution is 2.33. The lowest BCUT2D eigenvalue weighted by Crippen LogP contribution is -2.13. The largest absolute Gasteiger partial charge is 0.488 e. The molecule has 0 aliphatic carbocycles. The second kappa shape index (κ2) is 6.72. The molecule has 3 aromatic rings. The van der Waals surface area contributed by atoms with Gasteiger partial charge in [0.2, 0.25) is 0 Å². The number of carbonyl (C=O) groups is 1. The Morgan fingerprint density at radius 3 is 2.79 bits per heavy atom. The van der Waals surface area contributed by atoms with Gasteiger partial charge >= 0.3 is 0 Å². The second-order valence-corrected chi connectivity index (χ2v) is 5.68. The van der Waals surface area contributed by atoms with Gasteiger partial charge in [0.15, 0.2) is 5.69 Å². The summed E-state index contributed by atoms with van der Waals surface area (Å²) in [5.74, 6) is -0.136. The van der Waals surface area contributed by atoms with E-state index in [4.69, 9.17) is 22.1 Å². The number of H-pyrrole nitrogens is 1. The average Bonchev–Trinajstić information content (AvgIpc) is 3.04. The molecule has 1 heterocycles. The molecule has 3 rings (SSSR count). The molecule has 0 radical (unpaired) electrons. The molecular weight excluding hydrogens is 328 g/mol. The fraction of sp³-hybridized carbons (Fsp3) is 0.118. The van der Waals surface area contributed by atoms with E-state index in [1.807, 2.05) is 31.2 Å². The highest BCUT2D eigenvalue weighted by molar-refractivity contribution is 6.31. The molecular formula is C17H15ClN4O2. The first kappa shape index (κ1) is 16.0. The minimum absolute atomic E-state index is 0.0398. The molecule has 1 aromatic heterocycles. The van der Waals surface area contributed by atoms with Crippen molar-refractivity contribution in [1.29, 1.82) is 0 Å². The van der Waals surface area contributed by atoms with Crippen molar-refractivity contribution < 1.29 is 9.53 Å². The summed E-state index contributed by atoms with van der Waals surface area (Å²) in [5.41, 5.74) is 8.43. The molecule has 0 atom stereocenters. The monoisotopic (exact) mass is 342 g/mol. The van der Waals surface area contributed by atoms with Crippen molar-refractivity contribution in [3.8, 4) is 17.0 Å². The van der Waals surface area contributed by atoms with Gasteiger partial charge in [-0.2, -0.15) is 15.4 Å². The van der Waals surface area contributed by atoms with Crippen molar-refractivity contribution in [2.75, 3.05) is 0 Å². The van der Waals surface area contributed by atoms with Gasteiger partial charge < -0.3 is 10.5 Å². The van der Waals surface area contributed by atoms with E-state index >= 15 is 0 Å². The quantitative estimate of drug-likeness (QED) is 0.744. The summed E-state index contributed by atoms with van der Waals surface area (Å²) in [5, 5.41) is 10.7. The summed E-state index contributed by atoms with van der Waals surface area (Å²) < 4.78 is 5.93. The van der Waals surface area contributed by atoms with Gasteiger partial charge in [-0.1, -0.05) is 35.9 Å². The number of primary amides is 1. The fourth-order valence-electron chi connectivity index (χ4n) is 2.33. The van der Waals surface area contributed by atoms with E-state index < -0.39 is 5.91 Å². The topological polar surface area (TPSA) is 93.9 Å². The molecule has 0 spiro atoms. The number of hydrogen-bond acceptors (Lipinski definition) is 4. The van der Waals surface area contributed by atoms with Crippen LogP contribution in [0.15, 0.2) is 42.5 Å². The maximum atomic E-state index is 11.5. The van der Waals surface area contributed by atoms with Gasteiger partial charge in [0.1, 0.15) is 18.1 Å². The number of carbonyl (C=O) groups excluding carboxylic acids is 1. The van der Waals surface area contributed by atoms with E-state index in [0.717, 1.165) is 11.1 Å². The Morgan fingerprint density at radius 1 is 1.25 bits per heavy atom. The SMILES string of the molecule is Cc1ccccc1COc1ccc(Cl)cc1-c1n[nH]nc1C(N)=O. The average molecular weight is 343 g/mol. The van der Waals surface area contributed by atoms with Crippen LogP contribution in [-0.2, 0) is 6.61 Å². The van der Waals surface area contributed by atoms with Crippen molar-refractivity contribution in [2.45, 2.75) is 13.5 Å². The number of hydrogen-bond donors (Lipinski definition) is 2. The third-order valence-corrected chi connectivity index (χ3v) is 3.86. The van der Waals surface area contributed by atoms with Crippen LogP contribution in [-0.4, -0.2) is 21.3 Å². The van der Waals surface area contributed by atoms with Gasteiger partial charge in [-0.25, -0.2) is 0 Å². The van der Waals surface area contributed by atoms with Crippen LogP contribution in [0.5, 0.6) is 5.75 Å². The Labute approximate surface area is 143 Å². The van der Waals surface area contributed by atoms with E-state index in [0.29, 0.717) is 28.6 Å². The Morgan fingerprint density at radius 2 is 2.04 bits per heavy atom. The van der Waals surface area contributed by atoms with Crippen molar-refractivity contribution >= 4 is 17.5 Å². The van der Waals surface area contributed by atoms with Crippen LogP contribution in [0.25, 0.3) is 11.3 Å². The van der Waals surface area contributed by atoms with E-state index in [-0.39, 0.29) is 5.69 Å². The predicted molar refractivity (Wildman–Crippen MR) is 90.9 cm³/mol. The van der Waals surface area contributed by atoms with E-state index in [1.54, 1.807) is 18.2 Å². The first-order valence-electron chi connectivity index (χ1n) is 7.24. The Kier molecular flexibility index (Phi) is 4.48. The van der Waals surface area contributed by atoms with Crippen LogP contribution in [0, 0.1) is 6.92 Å². The molecule has 0 aliphatic rings. The molecule has 3 N–H and O–H groups in total. The molecule has 0 fully saturated rings. The van der Waals surface area contributed by atoms with Crippen molar-refractivity contribution in [1.82, 2.24) is 15.4 Å². The Hall–Kier alpha value is -2.86.